The first-order chi connectivity index (χ1) is 7.15. The van der Waals surface area contributed by atoms with E-state index in [0.29, 0.717) is 0 Å². The van der Waals surface area contributed by atoms with Crippen LogP contribution in [-0.4, -0.2) is 5.37 Å². The van der Waals surface area contributed by atoms with Crippen LogP contribution in [0.3, 0.4) is 0 Å². The van der Waals surface area contributed by atoms with Crippen LogP contribution in [0.4, 0.5) is 0 Å². The summed E-state index contributed by atoms with van der Waals surface area (Å²) in [6.07, 6.45) is 0.901. The van der Waals surface area contributed by atoms with Gasteiger partial charge in [0.1, 0.15) is 0 Å². The Morgan fingerprint density at radius 3 is 2.67 bits per heavy atom. The first-order valence-electron chi connectivity index (χ1n) is 5.07. The molecule has 1 aromatic carbocycles. The highest BCUT2D eigenvalue weighted by molar-refractivity contribution is 7.79. The molecule has 0 aliphatic rings. The van der Waals surface area contributed by atoms with Crippen LogP contribution in [0.15, 0.2) is 12.1 Å². The van der Waals surface area contributed by atoms with E-state index in [1.54, 1.807) is 0 Å². The highest BCUT2D eigenvalue weighted by Crippen LogP contribution is 2.34. The number of hydrogen-bond acceptors (Lipinski definition) is 2. The van der Waals surface area contributed by atoms with E-state index in [2.05, 4.69) is 32.9 Å². The first-order valence-corrected chi connectivity index (χ1v) is 6.35. The quantitative estimate of drug-likeness (QED) is 0.695. The maximum atomic E-state index is 4.98. The molecule has 0 aliphatic carbocycles. The fraction of sp³-hybridized carbons (Fsp3) is 0.308. The van der Waals surface area contributed by atoms with E-state index in [4.69, 9.17) is 12.2 Å². The molecule has 0 amide bonds. The van der Waals surface area contributed by atoms with Gasteiger partial charge in [0.25, 0.3) is 0 Å². The Hall–Kier alpha value is -0.730. The van der Waals surface area contributed by atoms with Gasteiger partial charge in [-0.25, -0.2) is 0 Å². The second kappa shape index (κ2) is 4.03. The predicted octanol–water partition coefficient (Wildman–Crippen LogP) is 4.37. The van der Waals surface area contributed by atoms with Crippen LogP contribution < -0.4 is 0 Å². The molecular formula is C13H14S2. The molecule has 0 atom stereocenters. The number of thiocarbonyl (C=S) groups is 1. The summed E-state index contributed by atoms with van der Waals surface area (Å²) >= 11 is 6.87. The Morgan fingerprint density at radius 1 is 1.27 bits per heavy atom. The molecular weight excluding hydrogens is 220 g/mol. The van der Waals surface area contributed by atoms with Gasteiger partial charge >= 0.3 is 0 Å². The Balaban J connectivity index is 2.81. The Bertz CT molecular complexity index is 521. The van der Waals surface area contributed by atoms with Crippen molar-refractivity contribution in [3.8, 4) is 0 Å². The molecule has 2 aromatic rings. The molecule has 0 bridgehead atoms. The fourth-order valence-corrected chi connectivity index (χ4v) is 3.33. The Morgan fingerprint density at radius 2 is 2.00 bits per heavy atom. The zero-order chi connectivity index (χ0) is 11.0. The largest absolute Gasteiger partial charge is 0.140 e. The summed E-state index contributed by atoms with van der Waals surface area (Å²) in [4.78, 5) is 1.42. The third-order valence-corrected chi connectivity index (χ3v) is 4.42. The van der Waals surface area contributed by atoms with Crippen LogP contribution in [-0.2, 0) is 6.42 Å². The molecule has 2 heteroatoms. The molecule has 0 saturated carbocycles. The van der Waals surface area contributed by atoms with Gasteiger partial charge in [-0.15, -0.1) is 11.3 Å². The van der Waals surface area contributed by atoms with Gasteiger partial charge in [0.15, 0.2) is 0 Å². The highest BCUT2D eigenvalue weighted by Gasteiger charge is 2.09. The lowest BCUT2D eigenvalue weighted by molar-refractivity contribution is 1.33. The van der Waals surface area contributed by atoms with Gasteiger partial charge in [-0.1, -0.05) is 24.4 Å². The zero-order valence-corrected chi connectivity index (χ0v) is 10.9. The number of benzene rings is 1. The summed E-state index contributed by atoms with van der Waals surface area (Å²) in [7, 11) is 0. The SMILES string of the molecule is Cc1ccc2c(C)c(C)sc2c1CC=S. The van der Waals surface area contributed by atoms with Crippen LogP contribution in [0.25, 0.3) is 10.1 Å². The normalized spacial score (nSPS) is 10.9. The molecule has 0 unspecified atom stereocenters. The summed E-state index contributed by atoms with van der Waals surface area (Å²) in [5.41, 5.74) is 4.18. The van der Waals surface area contributed by atoms with Gasteiger partial charge in [-0.2, -0.15) is 0 Å². The van der Waals surface area contributed by atoms with Crippen molar-refractivity contribution in [2.45, 2.75) is 27.2 Å². The minimum Gasteiger partial charge on any atom is -0.140 e. The number of thiophene rings is 1. The Kier molecular flexibility index (Phi) is 2.89. The predicted molar refractivity (Wildman–Crippen MR) is 73.4 cm³/mol. The van der Waals surface area contributed by atoms with Crippen molar-refractivity contribution in [3.63, 3.8) is 0 Å². The molecule has 0 nitrogen and oxygen atoms in total. The van der Waals surface area contributed by atoms with Crippen LogP contribution in [0.1, 0.15) is 21.6 Å². The van der Waals surface area contributed by atoms with Gasteiger partial charge in [-0.05, 0) is 48.2 Å². The number of aryl methyl sites for hydroxylation is 3. The second-order valence-corrected chi connectivity index (χ2v) is 5.45. The molecule has 1 heterocycles. The first kappa shape index (κ1) is 10.8. The van der Waals surface area contributed by atoms with E-state index in [-0.39, 0.29) is 0 Å². The lowest BCUT2D eigenvalue weighted by Crippen LogP contribution is -1.89. The van der Waals surface area contributed by atoms with Crippen LogP contribution >= 0.6 is 23.6 Å². The van der Waals surface area contributed by atoms with E-state index >= 15 is 0 Å². The molecule has 0 N–H and O–H groups in total. The standard InChI is InChI=1S/C13H14S2/c1-8-4-5-12-9(2)10(3)15-13(12)11(8)6-7-14/h4-5,7H,6H2,1-3H3. The van der Waals surface area contributed by atoms with Crippen LogP contribution in [0.5, 0.6) is 0 Å². The smallest absolute Gasteiger partial charge is 0.0386 e. The highest BCUT2D eigenvalue weighted by atomic mass is 32.1. The fourth-order valence-electron chi connectivity index (χ4n) is 1.89. The molecule has 0 saturated heterocycles. The summed E-state index contributed by atoms with van der Waals surface area (Å²) in [5, 5.41) is 3.22. The monoisotopic (exact) mass is 234 g/mol. The summed E-state index contributed by atoms with van der Waals surface area (Å²) in [6.45, 7) is 6.55. The van der Waals surface area contributed by atoms with Crippen molar-refractivity contribution in [1.29, 1.82) is 0 Å². The van der Waals surface area contributed by atoms with Gasteiger partial charge in [0, 0.05) is 16.0 Å². The van der Waals surface area contributed by atoms with Crippen molar-refractivity contribution in [1.82, 2.24) is 0 Å². The summed E-state index contributed by atoms with van der Waals surface area (Å²) < 4.78 is 1.42. The summed E-state index contributed by atoms with van der Waals surface area (Å²) in [5.74, 6) is 0. The zero-order valence-electron chi connectivity index (χ0n) is 9.26. The Labute approximate surface area is 99.9 Å². The third-order valence-electron chi connectivity index (χ3n) is 2.97. The number of rotatable bonds is 2. The van der Waals surface area contributed by atoms with E-state index in [9.17, 15) is 0 Å². The van der Waals surface area contributed by atoms with Gasteiger partial charge < -0.3 is 0 Å². The van der Waals surface area contributed by atoms with Crippen molar-refractivity contribution >= 4 is 39.0 Å². The number of hydrogen-bond donors (Lipinski definition) is 0. The maximum Gasteiger partial charge on any atom is 0.0386 e. The topological polar surface area (TPSA) is 0 Å². The van der Waals surface area contributed by atoms with Crippen LogP contribution in [0, 0.1) is 20.8 Å². The van der Waals surface area contributed by atoms with Crippen molar-refractivity contribution in [3.05, 3.63) is 33.7 Å². The van der Waals surface area contributed by atoms with Crippen molar-refractivity contribution in [2.24, 2.45) is 0 Å². The van der Waals surface area contributed by atoms with Crippen LogP contribution in [0.2, 0.25) is 0 Å². The second-order valence-electron chi connectivity index (χ2n) is 3.89. The molecule has 78 valence electrons. The van der Waals surface area contributed by atoms with Gasteiger partial charge in [0.05, 0.1) is 0 Å². The molecule has 0 spiro atoms. The average molecular weight is 234 g/mol. The molecule has 15 heavy (non-hydrogen) atoms. The van der Waals surface area contributed by atoms with E-state index in [0.717, 1.165) is 6.42 Å². The number of fused-ring (bicyclic) bond motifs is 1. The average Bonchev–Trinajstić information content (AvgIpc) is 2.49. The van der Waals surface area contributed by atoms with E-state index < -0.39 is 0 Å². The minimum atomic E-state index is 0.901. The molecule has 0 aliphatic heterocycles. The van der Waals surface area contributed by atoms with Gasteiger partial charge in [0.2, 0.25) is 0 Å². The molecule has 2 rings (SSSR count). The molecule has 0 fully saturated rings. The van der Waals surface area contributed by atoms with Gasteiger partial charge in [-0.3, -0.25) is 0 Å². The van der Waals surface area contributed by atoms with E-state index in [1.165, 1.54) is 31.7 Å². The summed E-state index contributed by atoms with van der Waals surface area (Å²) in [6, 6.07) is 4.44. The van der Waals surface area contributed by atoms with Crippen molar-refractivity contribution in [2.75, 3.05) is 0 Å². The maximum absolute atomic E-state index is 4.98. The molecule has 0 radical (unpaired) electrons. The lowest BCUT2D eigenvalue weighted by Gasteiger charge is -2.04. The molecule has 1 aromatic heterocycles. The van der Waals surface area contributed by atoms with Crippen molar-refractivity contribution < 1.29 is 0 Å². The van der Waals surface area contributed by atoms with E-state index in [1.807, 2.05) is 16.7 Å². The lowest BCUT2D eigenvalue weighted by atomic mass is 10.0. The minimum absolute atomic E-state index is 0.901. The third kappa shape index (κ3) is 1.72.